The lowest BCUT2D eigenvalue weighted by Crippen LogP contribution is -2.31. The number of likely N-dealkylation sites (N-methyl/N-ethyl adjacent to an activating group) is 1. The third kappa shape index (κ3) is 2.28. The summed E-state index contributed by atoms with van der Waals surface area (Å²) in [4.78, 5) is 2.39. The number of rotatable bonds is 2. The minimum atomic E-state index is 0.193. The maximum absolute atomic E-state index is 6.28. The molecule has 2 rings (SSSR count). The molecule has 2 nitrogen and oxygen atoms in total. The Bertz CT molecular complexity index is 383. The molecule has 1 aromatic carbocycles. The maximum Gasteiger partial charge on any atom is 0.0514 e. The van der Waals surface area contributed by atoms with E-state index >= 15 is 0 Å². The molecule has 0 bridgehead atoms. The molecular formula is C12H16BrClN2. The van der Waals surface area contributed by atoms with E-state index in [1.54, 1.807) is 0 Å². The molecule has 0 radical (unpaired) electrons. The molecule has 0 spiro atoms. The minimum Gasteiger partial charge on any atom is -0.326 e. The molecule has 4 heteroatoms. The molecule has 0 aromatic heterocycles. The third-order valence-electron chi connectivity index (χ3n) is 3.24. The van der Waals surface area contributed by atoms with E-state index in [0.717, 1.165) is 34.6 Å². The van der Waals surface area contributed by atoms with Crippen LogP contribution >= 0.6 is 27.5 Å². The Morgan fingerprint density at radius 1 is 1.56 bits per heavy atom. The number of benzene rings is 1. The molecule has 0 saturated carbocycles. The van der Waals surface area contributed by atoms with Gasteiger partial charge in [0.15, 0.2) is 0 Å². The van der Waals surface area contributed by atoms with Crippen molar-refractivity contribution in [3.63, 3.8) is 0 Å². The fourth-order valence-corrected chi connectivity index (χ4v) is 3.19. The SMILES string of the molecule is CCN1CCC(N)C1c1ccc(Br)cc1Cl. The first-order valence-electron chi connectivity index (χ1n) is 5.58. The molecule has 1 saturated heterocycles. The maximum atomic E-state index is 6.28. The number of halogens is 2. The van der Waals surface area contributed by atoms with Crippen molar-refractivity contribution >= 4 is 27.5 Å². The summed E-state index contributed by atoms with van der Waals surface area (Å²) in [7, 11) is 0. The highest BCUT2D eigenvalue weighted by molar-refractivity contribution is 9.10. The number of nitrogens with zero attached hydrogens (tertiary/aromatic N) is 1. The van der Waals surface area contributed by atoms with Crippen LogP contribution in [0.1, 0.15) is 24.9 Å². The first-order chi connectivity index (χ1) is 7.63. The average Bonchev–Trinajstić information content (AvgIpc) is 2.60. The van der Waals surface area contributed by atoms with Gasteiger partial charge in [0.2, 0.25) is 0 Å². The Morgan fingerprint density at radius 3 is 2.94 bits per heavy atom. The van der Waals surface area contributed by atoms with Crippen LogP contribution in [0.3, 0.4) is 0 Å². The van der Waals surface area contributed by atoms with Crippen molar-refractivity contribution in [3.05, 3.63) is 33.3 Å². The summed E-state index contributed by atoms with van der Waals surface area (Å²) >= 11 is 9.71. The van der Waals surface area contributed by atoms with E-state index in [0.29, 0.717) is 0 Å². The first kappa shape index (κ1) is 12.4. The summed E-state index contributed by atoms with van der Waals surface area (Å²) in [5.74, 6) is 0. The van der Waals surface area contributed by atoms with Crippen LogP contribution in [-0.4, -0.2) is 24.0 Å². The Labute approximate surface area is 110 Å². The van der Waals surface area contributed by atoms with Crippen molar-refractivity contribution in [2.24, 2.45) is 5.73 Å². The number of nitrogens with two attached hydrogens (primary N) is 1. The zero-order valence-electron chi connectivity index (χ0n) is 9.29. The number of hydrogen-bond donors (Lipinski definition) is 1. The summed E-state index contributed by atoms with van der Waals surface area (Å²) in [5.41, 5.74) is 7.32. The van der Waals surface area contributed by atoms with E-state index in [1.165, 1.54) is 0 Å². The van der Waals surface area contributed by atoms with Gasteiger partial charge in [-0.1, -0.05) is 40.5 Å². The van der Waals surface area contributed by atoms with Crippen molar-refractivity contribution in [3.8, 4) is 0 Å². The molecule has 2 atom stereocenters. The quantitative estimate of drug-likeness (QED) is 0.909. The Kier molecular flexibility index (Phi) is 3.90. The number of likely N-dealkylation sites (tertiary alicyclic amines) is 1. The zero-order chi connectivity index (χ0) is 11.7. The van der Waals surface area contributed by atoms with E-state index in [1.807, 2.05) is 12.1 Å². The van der Waals surface area contributed by atoms with Crippen LogP contribution in [0.5, 0.6) is 0 Å². The minimum absolute atomic E-state index is 0.193. The van der Waals surface area contributed by atoms with Gasteiger partial charge in [-0.2, -0.15) is 0 Å². The first-order valence-corrected chi connectivity index (χ1v) is 6.75. The van der Waals surface area contributed by atoms with Gasteiger partial charge in [0.1, 0.15) is 0 Å². The highest BCUT2D eigenvalue weighted by Crippen LogP contribution is 2.35. The summed E-state index contributed by atoms with van der Waals surface area (Å²) in [6.07, 6.45) is 1.05. The third-order valence-corrected chi connectivity index (χ3v) is 4.06. The van der Waals surface area contributed by atoms with Gasteiger partial charge in [-0.3, -0.25) is 4.90 Å². The van der Waals surface area contributed by atoms with Crippen LogP contribution in [0.4, 0.5) is 0 Å². The van der Waals surface area contributed by atoms with Crippen molar-refractivity contribution < 1.29 is 0 Å². The van der Waals surface area contributed by atoms with E-state index in [9.17, 15) is 0 Å². The second-order valence-corrected chi connectivity index (χ2v) is 5.51. The fraction of sp³-hybridized carbons (Fsp3) is 0.500. The van der Waals surface area contributed by atoms with Crippen molar-refractivity contribution in [1.82, 2.24) is 4.90 Å². The van der Waals surface area contributed by atoms with Gasteiger partial charge in [0, 0.05) is 22.1 Å². The van der Waals surface area contributed by atoms with Crippen LogP contribution in [0, 0.1) is 0 Å². The van der Waals surface area contributed by atoms with E-state index in [4.69, 9.17) is 17.3 Å². The van der Waals surface area contributed by atoms with Crippen LogP contribution in [0.15, 0.2) is 22.7 Å². The second kappa shape index (κ2) is 5.05. The lowest BCUT2D eigenvalue weighted by atomic mass is 10.0. The van der Waals surface area contributed by atoms with Gasteiger partial charge in [0.25, 0.3) is 0 Å². The monoisotopic (exact) mass is 302 g/mol. The molecule has 1 aliphatic heterocycles. The molecular weight excluding hydrogens is 288 g/mol. The summed E-state index contributed by atoms with van der Waals surface area (Å²) in [6, 6.07) is 6.50. The van der Waals surface area contributed by atoms with Crippen molar-refractivity contribution in [2.75, 3.05) is 13.1 Å². The Balaban J connectivity index is 2.34. The van der Waals surface area contributed by atoms with Crippen LogP contribution < -0.4 is 5.73 Å². The molecule has 0 aliphatic carbocycles. The van der Waals surface area contributed by atoms with Gasteiger partial charge in [0.05, 0.1) is 6.04 Å². The Morgan fingerprint density at radius 2 is 2.31 bits per heavy atom. The van der Waals surface area contributed by atoms with Crippen LogP contribution in [-0.2, 0) is 0 Å². The molecule has 1 heterocycles. The van der Waals surface area contributed by atoms with Gasteiger partial charge >= 0.3 is 0 Å². The highest BCUT2D eigenvalue weighted by Gasteiger charge is 2.32. The standard InChI is InChI=1S/C12H16BrClN2/c1-2-16-6-5-11(15)12(16)9-4-3-8(13)7-10(9)14/h3-4,7,11-12H,2,5-6,15H2,1H3. The molecule has 2 N–H and O–H groups in total. The molecule has 2 unspecified atom stereocenters. The van der Waals surface area contributed by atoms with Gasteiger partial charge in [-0.15, -0.1) is 0 Å². The molecule has 1 fully saturated rings. The molecule has 1 aliphatic rings. The fourth-order valence-electron chi connectivity index (χ4n) is 2.41. The smallest absolute Gasteiger partial charge is 0.0514 e. The van der Waals surface area contributed by atoms with Gasteiger partial charge in [-0.25, -0.2) is 0 Å². The van der Waals surface area contributed by atoms with Crippen LogP contribution in [0.25, 0.3) is 0 Å². The highest BCUT2D eigenvalue weighted by atomic mass is 79.9. The van der Waals surface area contributed by atoms with Crippen molar-refractivity contribution in [1.29, 1.82) is 0 Å². The largest absolute Gasteiger partial charge is 0.326 e. The molecule has 88 valence electrons. The Hall–Kier alpha value is -0.0900. The predicted molar refractivity (Wildman–Crippen MR) is 71.7 cm³/mol. The summed E-state index contributed by atoms with van der Waals surface area (Å²) < 4.78 is 1.01. The van der Waals surface area contributed by atoms with Crippen molar-refractivity contribution in [2.45, 2.75) is 25.4 Å². The summed E-state index contributed by atoms with van der Waals surface area (Å²) in [5, 5.41) is 0.801. The van der Waals surface area contributed by atoms with Crippen LogP contribution in [0.2, 0.25) is 5.02 Å². The second-order valence-electron chi connectivity index (χ2n) is 4.19. The normalized spacial score (nSPS) is 26.2. The topological polar surface area (TPSA) is 29.3 Å². The lowest BCUT2D eigenvalue weighted by molar-refractivity contribution is 0.261. The molecule has 16 heavy (non-hydrogen) atoms. The van der Waals surface area contributed by atoms with E-state index in [-0.39, 0.29) is 12.1 Å². The van der Waals surface area contributed by atoms with Gasteiger partial charge in [-0.05, 0) is 30.7 Å². The predicted octanol–water partition coefficient (Wildman–Crippen LogP) is 3.20. The average molecular weight is 304 g/mol. The van der Waals surface area contributed by atoms with E-state index < -0.39 is 0 Å². The molecule has 0 amide bonds. The number of hydrogen-bond acceptors (Lipinski definition) is 2. The lowest BCUT2D eigenvalue weighted by Gasteiger charge is -2.26. The van der Waals surface area contributed by atoms with E-state index in [2.05, 4.69) is 33.8 Å². The molecule has 1 aromatic rings. The zero-order valence-corrected chi connectivity index (χ0v) is 11.6. The van der Waals surface area contributed by atoms with Gasteiger partial charge < -0.3 is 5.73 Å². The summed E-state index contributed by atoms with van der Waals surface area (Å²) in [6.45, 7) is 4.25.